The molecule has 2 N–H and O–H groups in total. The fourth-order valence-corrected chi connectivity index (χ4v) is 4.46. The molecule has 0 unspecified atom stereocenters. The van der Waals surface area contributed by atoms with Crippen molar-refractivity contribution in [2.45, 2.75) is 24.0 Å². The Hall–Kier alpha value is -3.84. The van der Waals surface area contributed by atoms with Crippen molar-refractivity contribution in [1.29, 1.82) is 0 Å². The number of aromatic amines is 1. The quantitative estimate of drug-likeness (QED) is 0.323. The standard InChI is InChI=1S/C26H23N5OS/c32-25(28-15-20-4-3-5-21(14-20)16-31-13-12-27-18-31)22-10-8-19(9-11-22)17-33-26-29-23-6-1-2-7-24(23)30-26/h1-14,18H,15-17H2,(H,28,32)(H,29,30). The second kappa shape index (κ2) is 9.75. The molecule has 0 fully saturated rings. The van der Waals surface area contributed by atoms with Crippen molar-refractivity contribution < 1.29 is 4.79 Å². The first-order valence-corrected chi connectivity index (χ1v) is 11.7. The van der Waals surface area contributed by atoms with Gasteiger partial charge in [-0.3, -0.25) is 4.79 Å². The number of thioether (sulfide) groups is 1. The van der Waals surface area contributed by atoms with Crippen molar-refractivity contribution in [2.75, 3.05) is 0 Å². The van der Waals surface area contributed by atoms with E-state index in [9.17, 15) is 4.79 Å². The van der Waals surface area contributed by atoms with E-state index in [0.29, 0.717) is 12.1 Å². The fourth-order valence-electron chi connectivity index (χ4n) is 3.62. The molecule has 5 aromatic rings. The van der Waals surface area contributed by atoms with Crippen molar-refractivity contribution in [3.8, 4) is 0 Å². The topological polar surface area (TPSA) is 75.6 Å². The van der Waals surface area contributed by atoms with Crippen molar-refractivity contribution in [1.82, 2.24) is 24.8 Å². The van der Waals surface area contributed by atoms with Crippen LogP contribution in [0.1, 0.15) is 27.0 Å². The summed E-state index contributed by atoms with van der Waals surface area (Å²) < 4.78 is 2.02. The Morgan fingerprint density at radius 2 is 1.82 bits per heavy atom. The van der Waals surface area contributed by atoms with E-state index in [4.69, 9.17) is 0 Å². The molecule has 3 aromatic carbocycles. The number of para-hydroxylation sites is 2. The molecule has 5 rings (SSSR count). The Bertz CT molecular complexity index is 1330. The number of benzene rings is 3. The van der Waals surface area contributed by atoms with E-state index in [1.54, 1.807) is 24.3 Å². The first kappa shape index (κ1) is 21.0. The molecule has 0 saturated heterocycles. The first-order chi connectivity index (χ1) is 16.2. The molecular weight excluding hydrogens is 430 g/mol. The monoisotopic (exact) mass is 453 g/mol. The normalized spacial score (nSPS) is 11.0. The maximum Gasteiger partial charge on any atom is 0.251 e. The third-order valence-corrected chi connectivity index (χ3v) is 6.27. The van der Waals surface area contributed by atoms with Crippen LogP contribution in [0, 0.1) is 0 Å². The van der Waals surface area contributed by atoms with Crippen molar-refractivity contribution in [2.24, 2.45) is 0 Å². The van der Waals surface area contributed by atoms with Crippen LogP contribution in [0.5, 0.6) is 0 Å². The zero-order valence-electron chi connectivity index (χ0n) is 17.9. The van der Waals surface area contributed by atoms with Crippen LogP contribution in [0.3, 0.4) is 0 Å². The maximum absolute atomic E-state index is 12.6. The summed E-state index contributed by atoms with van der Waals surface area (Å²) in [4.78, 5) is 24.6. The molecule has 7 heteroatoms. The van der Waals surface area contributed by atoms with Gasteiger partial charge in [-0.2, -0.15) is 0 Å². The largest absolute Gasteiger partial charge is 0.348 e. The smallest absolute Gasteiger partial charge is 0.251 e. The minimum atomic E-state index is -0.0773. The van der Waals surface area contributed by atoms with E-state index in [1.807, 2.05) is 71.4 Å². The van der Waals surface area contributed by atoms with Gasteiger partial charge in [0.05, 0.1) is 17.4 Å². The molecule has 0 aliphatic rings. The lowest BCUT2D eigenvalue weighted by Gasteiger charge is -2.09. The van der Waals surface area contributed by atoms with Gasteiger partial charge in [0, 0.05) is 36.8 Å². The molecule has 0 saturated carbocycles. The summed E-state index contributed by atoms with van der Waals surface area (Å²) in [5.41, 5.74) is 6.05. The van der Waals surface area contributed by atoms with Gasteiger partial charge in [-0.25, -0.2) is 9.97 Å². The van der Waals surface area contributed by atoms with Gasteiger partial charge in [0.15, 0.2) is 5.16 Å². The Kier molecular flexibility index (Phi) is 6.21. The third-order valence-electron chi connectivity index (χ3n) is 5.33. The number of hydrogen-bond acceptors (Lipinski definition) is 4. The van der Waals surface area contributed by atoms with E-state index in [0.717, 1.165) is 39.6 Å². The number of imidazole rings is 2. The third kappa shape index (κ3) is 5.32. The molecule has 0 radical (unpaired) electrons. The summed E-state index contributed by atoms with van der Waals surface area (Å²) in [5, 5.41) is 3.91. The number of carbonyl (C=O) groups is 1. The summed E-state index contributed by atoms with van der Waals surface area (Å²) in [6.07, 6.45) is 5.51. The van der Waals surface area contributed by atoms with Gasteiger partial charge in [-0.1, -0.05) is 60.3 Å². The van der Waals surface area contributed by atoms with Gasteiger partial charge in [-0.05, 0) is 41.0 Å². The Morgan fingerprint density at radius 3 is 2.64 bits per heavy atom. The van der Waals surface area contributed by atoms with Crippen LogP contribution in [0.25, 0.3) is 11.0 Å². The molecule has 33 heavy (non-hydrogen) atoms. The van der Waals surface area contributed by atoms with Gasteiger partial charge in [0.1, 0.15) is 0 Å². The maximum atomic E-state index is 12.6. The molecule has 0 atom stereocenters. The number of amides is 1. The van der Waals surface area contributed by atoms with Crippen LogP contribution in [0.4, 0.5) is 0 Å². The molecule has 1 amide bonds. The lowest BCUT2D eigenvalue weighted by molar-refractivity contribution is 0.0951. The number of nitrogens with one attached hydrogen (secondary N) is 2. The highest BCUT2D eigenvalue weighted by molar-refractivity contribution is 7.98. The highest BCUT2D eigenvalue weighted by Crippen LogP contribution is 2.23. The number of H-pyrrole nitrogens is 1. The first-order valence-electron chi connectivity index (χ1n) is 10.7. The van der Waals surface area contributed by atoms with Crippen LogP contribution >= 0.6 is 11.8 Å². The molecule has 2 aromatic heterocycles. The van der Waals surface area contributed by atoms with E-state index < -0.39 is 0 Å². The van der Waals surface area contributed by atoms with E-state index >= 15 is 0 Å². The Balaban J connectivity index is 1.14. The fraction of sp³-hybridized carbons (Fsp3) is 0.115. The molecule has 0 aliphatic heterocycles. The summed E-state index contributed by atoms with van der Waals surface area (Å²) in [6, 6.07) is 24.0. The second-order valence-electron chi connectivity index (χ2n) is 7.78. The van der Waals surface area contributed by atoms with Gasteiger partial charge >= 0.3 is 0 Å². The Labute approximate surface area is 196 Å². The van der Waals surface area contributed by atoms with Crippen LogP contribution in [-0.2, 0) is 18.8 Å². The van der Waals surface area contributed by atoms with Crippen molar-refractivity contribution >= 4 is 28.7 Å². The molecule has 2 heterocycles. The average Bonchev–Trinajstić information content (AvgIpc) is 3.51. The van der Waals surface area contributed by atoms with E-state index in [2.05, 4.69) is 32.4 Å². The van der Waals surface area contributed by atoms with Crippen molar-refractivity contribution in [3.05, 3.63) is 114 Å². The lowest BCUT2D eigenvalue weighted by atomic mass is 10.1. The highest BCUT2D eigenvalue weighted by Gasteiger charge is 2.07. The van der Waals surface area contributed by atoms with Gasteiger partial charge in [-0.15, -0.1) is 0 Å². The summed E-state index contributed by atoms with van der Waals surface area (Å²) in [7, 11) is 0. The molecule has 0 aliphatic carbocycles. The van der Waals surface area contributed by atoms with Gasteiger partial charge in [0.2, 0.25) is 0 Å². The summed E-state index contributed by atoms with van der Waals surface area (Å²) >= 11 is 1.65. The molecule has 0 bridgehead atoms. The van der Waals surface area contributed by atoms with E-state index in [-0.39, 0.29) is 5.91 Å². The summed E-state index contributed by atoms with van der Waals surface area (Å²) in [6.45, 7) is 1.25. The number of carbonyl (C=O) groups excluding carboxylic acids is 1. The number of aromatic nitrogens is 4. The van der Waals surface area contributed by atoms with Crippen LogP contribution < -0.4 is 5.32 Å². The van der Waals surface area contributed by atoms with Crippen LogP contribution in [0.15, 0.2) is 96.7 Å². The minimum Gasteiger partial charge on any atom is -0.348 e. The number of nitrogens with zero attached hydrogens (tertiary/aromatic N) is 3. The van der Waals surface area contributed by atoms with Crippen LogP contribution in [0.2, 0.25) is 0 Å². The number of fused-ring (bicyclic) bond motifs is 1. The zero-order chi connectivity index (χ0) is 22.5. The average molecular weight is 454 g/mol. The molecule has 164 valence electrons. The van der Waals surface area contributed by atoms with Crippen molar-refractivity contribution in [3.63, 3.8) is 0 Å². The second-order valence-corrected chi connectivity index (χ2v) is 8.75. The highest BCUT2D eigenvalue weighted by atomic mass is 32.2. The predicted octanol–water partition coefficient (Wildman–Crippen LogP) is 5.03. The molecule has 6 nitrogen and oxygen atoms in total. The summed E-state index contributed by atoms with van der Waals surface area (Å²) in [5.74, 6) is 0.706. The number of hydrogen-bond donors (Lipinski definition) is 2. The van der Waals surface area contributed by atoms with E-state index in [1.165, 1.54) is 5.56 Å². The van der Waals surface area contributed by atoms with Crippen LogP contribution in [-0.4, -0.2) is 25.4 Å². The lowest BCUT2D eigenvalue weighted by Crippen LogP contribution is -2.22. The SMILES string of the molecule is O=C(NCc1cccc(Cn2ccnc2)c1)c1ccc(CSc2nc3ccccc3[nH]2)cc1. The van der Waals surface area contributed by atoms with Gasteiger partial charge in [0.25, 0.3) is 5.91 Å². The Morgan fingerprint density at radius 1 is 0.970 bits per heavy atom. The number of rotatable bonds is 8. The zero-order valence-corrected chi connectivity index (χ0v) is 18.8. The molecule has 0 spiro atoms. The minimum absolute atomic E-state index is 0.0773. The van der Waals surface area contributed by atoms with Gasteiger partial charge < -0.3 is 14.9 Å². The molecular formula is C26H23N5OS. The predicted molar refractivity (Wildman–Crippen MR) is 131 cm³/mol.